The van der Waals surface area contributed by atoms with Crippen LogP contribution in [0.3, 0.4) is 0 Å². The van der Waals surface area contributed by atoms with Gasteiger partial charge in [0.05, 0.1) is 45.6 Å². The normalized spacial score (nSPS) is 18.3. The van der Waals surface area contributed by atoms with E-state index in [9.17, 15) is 14.4 Å². The zero-order valence-corrected chi connectivity index (χ0v) is 38.3. The van der Waals surface area contributed by atoms with Crippen LogP contribution in [0.2, 0.25) is 0 Å². The first-order chi connectivity index (χ1) is 31.8. The van der Waals surface area contributed by atoms with Gasteiger partial charge in [-0.3, -0.25) is 14.4 Å². The summed E-state index contributed by atoms with van der Waals surface area (Å²) in [5.74, 6) is 1.88. The van der Waals surface area contributed by atoms with Crippen molar-refractivity contribution in [1.29, 1.82) is 0 Å². The molecule has 3 aliphatic rings. The number of benzene rings is 3. The van der Waals surface area contributed by atoms with E-state index in [1.54, 1.807) is 22.7 Å². The molecule has 3 amide bonds. The second-order valence-corrected chi connectivity index (χ2v) is 20.0. The van der Waals surface area contributed by atoms with Crippen molar-refractivity contribution in [3.05, 3.63) is 144 Å². The molecular formula is C52H54N8O3S2. The lowest BCUT2D eigenvalue weighted by atomic mass is 10.0. The Morgan fingerprint density at radius 3 is 1.55 bits per heavy atom. The number of nitrogens with zero attached hydrogens (tertiary/aromatic N) is 4. The van der Waals surface area contributed by atoms with Crippen molar-refractivity contribution < 1.29 is 14.4 Å². The van der Waals surface area contributed by atoms with Gasteiger partial charge in [-0.2, -0.15) is 0 Å². The standard InChI is InChI=1S/C52H54N8O3S2/c1-32(2)50(61)58-47(37-13-7-4-8-14-37)52(63)60-28-10-16-41(60)49-55-31-39(57-49)45-26-24-43(65-45)35-21-19-34(20-22-35)42-23-25-44(64-42)38-30-54-48(56-38)40-15-9-27-59(40)51(62)46(53-29-33-17-18-33)36-11-5-3-6-12-36/h3-8,11-14,19-26,30-33,40-41,46-47,53H,9-10,15-18,27-29H2,1-2H3,(H,54,56)(H,55,57)(H,58,61). The Morgan fingerprint density at radius 2 is 1.08 bits per heavy atom. The van der Waals surface area contributed by atoms with E-state index in [0.29, 0.717) is 12.5 Å². The maximum absolute atomic E-state index is 14.1. The lowest BCUT2D eigenvalue weighted by molar-refractivity contribution is -0.138. The highest BCUT2D eigenvalue weighted by Gasteiger charge is 2.38. The second kappa shape index (κ2) is 18.8. The first-order valence-corrected chi connectivity index (χ1v) is 24.6. The van der Waals surface area contributed by atoms with E-state index < -0.39 is 6.04 Å². The van der Waals surface area contributed by atoms with Crippen LogP contribution in [0.4, 0.5) is 0 Å². The van der Waals surface area contributed by atoms with E-state index in [0.717, 1.165) is 98.7 Å². The largest absolute Gasteiger partial charge is 0.340 e. The Bertz CT molecular complexity index is 2750. The Kier molecular flexibility index (Phi) is 12.3. The number of nitrogens with one attached hydrogen (secondary N) is 4. The molecule has 3 fully saturated rings. The number of hydrogen-bond donors (Lipinski definition) is 4. The molecule has 0 bridgehead atoms. The van der Waals surface area contributed by atoms with Crippen molar-refractivity contribution in [2.45, 2.75) is 76.5 Å². The van der Waals surface area contributed by atoms with Crippen molar-refractivity contribution in [3.8, 4) is 42.0 Å². The van der Waals surface area contributed by atoms with Gasteiger partial charge in [0, 0.05) is 28.8 Å². The summed E-state index contributed by atoms with van der Waals surface area (Å²) in [4.78, 5) is 66.2. The number of aromatic amines is 2. The van der Waals surface area contributed by atoms with E-state index in [1.165, 1.54) is 17.7 Å². The van der Waals surface area contributed by atoms with Crippen LogP contribution in [0, 0.1) is 11.8 Å². The smallest absolute Gasteiger partial charge is 0.250 e. The zero-order chi connectivity index (χ0) is 44.4. The van der Waals surface area contributed by atoms with Crippen LogP contribution in [0.5, 0.6) is 0 Å². The fraction of sp³-hybridized carbons (Fsp3) is 0.327. The summed E-state index contributed by atoms with van der Waals surface area (Å²) < 4.78 is 0. The Labute approximate surface area is 387 Å². The summed E-state index contributed by atoms with van der Waals surface area (Å²) >= 11 is 3.43. The fourth-order valence-electron chi connectivity index (χ4n) is 9.14. The Morgan fingerprint density at radius 1 is 0.615 bits per heavy atom. The molecule has 6 heterocycles. The number of hydrogen-bond acceptors (Lipinski definition) is 8. The summed E-state index contributed by atoms with van der Waals surface area (Å²) in [6.45, 7) is 5.87. The first-order valence-electron chi connectivity index (χ1n) is 22.9. The maximum atomic E-state index is 14.1. The third-order valence-corrected chi connectivity index (χ3v) is 15.3. The molecular weight excluding hydrogens is 849 g/mol. The number of rotatable bonds is 15. The van der Waals surface area contributed by atoms with Gasteiger partial charge >= 0.3 is 0 Å². The number of likely N-dealkylation sites (tertiary alicyclic amines) is 2. The highest BCUT2D eigenvalue weighted by Crippen LogP contribution is 2.40. The molecule has 11 nitrogen and oxygen atoms in total. The number of carbonyl (C=O) groups is 3. The molecule has 4 unspecified atom stereocenters. The number of aromatic nitrogens is 4. The molecule has 10 rings (SSSR count). The Balaban J connectivity index is 0.792. The third-order valence-electron chi connectivity index (χ3n) is 13.0. The number of amides is 3. The number of thiophene rings is 2. The highest BCUT2D eigenvalue weighted by atomic mass is 32.1. The molecule has 7 aromatic rings. The van der Waals surface area contributed by atoms with E-state index >= 15 is 0 Å². The second-order valence-electron chi connectivity index (χ2n) is 17.9. The van der Waals surface area contributed by atoms with Crippen LogP contribution in [-0.4, -0.2) is 67.1 Å². The topological polar surface area (TPSA) is 139 Å². The van der Waals surface area contributed by atoms with E-state index in [4.69, 9.17) is 9.97 Å². The first kappa shape index (κ1) is 42.8. The van der Waals surface area contributed by atoms with Gasteiger partial charge in [0.15, 0.2) is 0 Å². The summed E-state index contributed by atoms with van der Waals surface area (Å²) in [5.41, 5.74) is 5.94. The monoisotopic (exact) mass is 902 g/mol. The average molecular weight is 903 g/mol. The lowest BCUT2D eigenvalue weighted by Crippen LogP contribution is -2.44. The van der Waals surface area contributed by atoms with Crippen molar-refractivity contribution in [1.82, 2.24) is 40.4 Å². The molecule has 65 heavy (non-hydrogen) atoms. The molecule has 2 saturated heterocycles. The quantitative estimate of drug-likeness (QED) is 0.0808. The molecule has 332 valence electrons. The van der Waals surface area contributed by atoms with Gasteiger partial charge in [-0.1, -0.05) is 98.8 Å². The lowest BCUT2D eigenvalue weighted by Gasteiger charge is -2.29. The van der Waals surface area contributed by atoms with Crippen LogP contribution in [0.15, 0.2) is 122 Å². The van der Waals surface area contributed by atoms with Gasteiger partial charge in [-0.05, 0) is 97.5 Å². The van der Waals surface area contributed by atoms with Gasteiger partial charge in [0.1, 0.15) is 23.7 Å². The minimum absolute atomic E-state index is 0.0806. The molecule has 0 spiro atoms. The molecule has 13 heteroatoms. The van der Waals surface area contributed by atoms with E-state index in [-0.39, 0.29) is 41.8 Å². The van der Waals surface area contributed by atoms with Crippen molar-refractivity contribution in [2.75, 3.05) is 19.6 Å². The summed E-state index contributed by atoms with van der Waals surface area (Å²) in [6, 6.07) is 35.5. The molecule has 4 atom stereocenters. The third kappa shape index (κ3) is 9.23. The van der Waals surface area contributed by atoms with Crippen LogP contribution in [0.25, 0.3) is 42.0 Å². The van der Waals surface area contributed by atoms with Crippen molar-refractivity contribution in [2.24, 2.45) is 11.8 Å². The number of H-pyrrole nitrogens is 2. The van der Waals surface area contributed by atoms with Crippen LogP contribution in [-0.2, 0) is 14.4 Å². The summed E-state index contributed by atoms with van der Waals surface area (Å²) in [5, 5.41) is 6.60. The maximum Gasteiger partial charge on any atom is 0.250 e. The van der Waals surface area contributed by atoms with Crippen LogP contribution >= 0.6 is 22.7 Å². The van der Waals surface area contributed by atoms with Gasteiger partial charge in [0.25, 0.3) is 0 Å². The molecule has 2 aliphatic heterocycles. The average Bonchev–Trinajstić information content (AvgIpc) is 4.09. The van der Waals surface area contributed by atoms with Gasteiger partial charge in [-0.15, -0.1) is 22.7 Å². The highest BCUT2D eigenvalue weighted by molar-refractivity contribution is 7.19. The molecule has 0 radical (unpaired) electrons. The van der Waals surface area contributed by atoms with Crippen LogP contribution < -0.4 is 10.6 Å². The molecule has 3 aromatic carbocycles. The van der Waals surface area contributed by atoms with Crippen molar-refractivity contribution in [3.63, 3.8) is 0 Å². The molecule has 1 aliphatic carbocycles. The molecule has 4 aromatic heterocycles. The summed E-state index contributed by atoms with van der Waals surface area (Å²) in [7, 11) is 0. The van der Waals surface area contributed by atoms with Gasteiger partial charge < -0.3 is 30.4 Å². The number of carbonyl (C=O) groups excluding carboxylic acids is 3. The minimum atomic E-state index is -0.760. The van der Waals surface area contributed by atoms with Gasteiger partial charge in [0.2, 0.25) is 17.7 Å². The zero-order valence-electron chi connectivity index (χ0n) is 36.7. The van der Waals surface area contributed by atoms with Crippen molar-refractivity contribution >= 4 is 40.4 Å². The fourth-order valence-corrected chi connectivity index (χ4v) is 11.1. The Hall–Kier alpha value is -6.15. The predicted octanol–water partition coefficient (Wildman–Crippen LogP) is 10.5. The van der Waals surface area contributed by atoms with E-state index in [2.05, 4.69) is 81.3 Å². The summed E-state index contributed by atoms with van der Waals surface area (Å²) in [6.07, 6.45) is 9.74. The van der Waals surface area contributed by atoms with Crippen LogP contribution in [0.1, 0.15) is 99.3 Å². The molecule has 1 saturated carbocycles. The predicted molar refractivity (Wildman–Crippen MR) is 258 cm³/mol. The molecule has 4 N–H and O–H groups in total. The van der Waals surface area contributed by atoms with Gasteiger partial charge in [-0.25, -0.2) is 9.97 Å². The number of imidazole rings is 2. The minimum Gasteiger partial charge on any atom is -0.340 e. The SMILES string of the molecule is CC(C)C(=O)NC(C(=O)N1CCCC1c1ncc(-c2ccc(-c3ccc(-c4ccc(-c5cnc(C6CCCN6C(=O)C(NCC6CC6)c6ccccc6)[nH]5)s4)cc3)s2)[nH]1)c1ccccc1. The van der Waals surface area contributed by atoms with E-state index in [1.807, 2.05) is 84.6 Å².